The molecular formula is C19H28N2O4. The standard InChI is InChI=1S/C19H28N2O4/c1-2-25-19(23)21-12-9-17(10-13-21)18(22)20-11-6-14-24-15-16-7-4-3-5-8-16/h3-5,7-8,17H,2,6,9-15H2,1H3,(H,20,22). The SMILES string of the molecule is CCOC(=O)N1CCC(C(=O)NCCCOCc2ccccc2)CC1. The number of hydrogen-bond acceptors (Lipinski definition) is 4. The van der Waals surface area contributed by atoms with Gasteiger partial charge in [0.25, 0.3) is 0 Å². The average Bonchev–Trinajstić information content (AvgIpc) is 2.65. The molecular weight excluding hydrogens is 320 g/mol. The Kier molecular flexibility index (Phi) is 8.25. The first kappa shape index (κ1) is 19.2. The maximum Gasteiger partial charge on any atom is 0.409 e. The summed E-state index contributed by atoms with van der Waals surface area (Å²) in [6, 6.07) is 10.0. The molecule has 138 valence electrons. The van der Waals surface area contributed by atoms with E-state index in [1.165, 1.54) is 0 Å². The van der Waals surface area contributed by atoms with Crippen LogP contribution in [0.5, 0.6) is 0 Å². The van der Waals surface area contributed by atoms with Gasteiger partial charge in [0.1, 0.15) is 0 Å². The maximum atomic E-state index is 12.2. The average molecular weight is 348 g/mol. The third-order valence-electron chi connectivity index (χ3n) is 4.27. The number of nitrogens with zero attached hydrogens (tertiary/aromatic N) is 1. The summed E-state index contributed by atoms with van der Waals surface area (Å²) in [5.41, 5.74) is 1.15. The first-order valence-electron chi connectivity index (χ1n) is 9.01. The summed E-state index contributed by atoms with van der Waals surface area (Å²) >= 11 is 0. The Labute approximate surface area is 149 Å². The van der Waals surface area contributed by atoms with Crippen molar-refractivity contribution in [3.63, 3.8) is 0 Å². The molecule has 1 N–H and O–H groups in total. The molecule has 1 aromatic rings. The highest BCUT2D eigenvalue weighted by atomic mass is 16.6. The van der Waals surface area contributed by atoms with E-state index in [1.54, 1.807) is 11.8 Å². The van der Waals surface area contributed by atoms with Crippen molar-refractivity contribution in [2.24, 2.45) is 5.92 Å². The zero-order chi connectivity index (χ0) is 17.9. The van der Waals surface area contributed by atoms with Crippen molar-refractivity contribution in [3.8, 4) is 0 Å². The van der Waals surface area contributed by atoms with Gasteiger partial charge < -0.3 is 19.7 Å². The van der Waals surface area contributed by atoms with E-state index in [9.17, 15) is 9.59 Å². The minimum absolute atomic E-state index is 0.0177. The summed E-state index contributed by atoms with van der Waals surface area (Å²) in [6.45, 7) is 5.17. The third kappa shape index (κ3) is 6.74. The van der Waals surface area contributed by atoms with E-state index in [2.05, 4.69) is 5.32 Å². The molecule has 6 heteroatoms. The van der Waals surface area contributed by atoms with Gasteiger partial charge in [0.15, 0.2) is 0 Å². The van der Waals surface area contributed by atoms with E-state index in [-0.39, 0.29) is 17.9 Å². The summed E-state index contributed by atoms with van der Waals surface area (Å²) in [5, 5.41) is 2.97. The molecule has 0 aliphatic carbocycles. The van der Waals surface area contributed by atoms with Gasteiger partial charge in [-0.15, -0.1) is 0 Å². The number of nitrogens with one attached hydrogen (secondary N) is 1. The smallest absolute Gasteiger partial charge is 0.409 e. The lowest BCUT2D eigenvalue weighted by Gasteiger charge is -2.30. The molecule has 0 atom stereocenters. The van der Waals surface area contributed by atoms with Crippen LogP contribution in [0.1, 0.15) is 31.7 Å². The number of rotatable bonds is 8. The van der Waals surface area contributed by atoms with Crippen molar-refractivity contribution >= 4 is 12.0 Å². The lowest BCUT2D eigenvalue weighted by Crippen LogP contribution is -2.43. The predicted octanol–water partition coefficient (Wildman–Crippen LogP) is 2.58. The Morgan fingerprint density at radius 3 is 2.60 bits per heavy atom. The van der Waals surface area contributed by atoms with Crippen molar-refractivity contribution in [2.75, 3.05) is 32.8 Å². The molecule has 6 nitrogen and oxygen atoms in total. The van der Waals surface area contributed by atoms with E-state index < -0.39 is 0 Å². The molecule has 2 rings (SSSR count). The second-order valence-electron chi connectivity index (χ2n) is 6.14. The van der Waals surface area contributed by atoms with Gasteiger partial charge >= 0.3 is 6.09 Å². The van der Waals surface area contributed by atoms with Crippen LogP contribution in [0, 0.1) is 5.92 Å². The zero-order valence-electron chi connectivity index (χ0n) is 14.9. The molecule has 0 unspecified atom stereocenters. The van der Waals surface area contributed by atoms with E-state index >= 15 is 0 Å². The van der Waals surface area contributed by atoms with Crippen LogP contribution in [0.3, 0.4) is 0 Å². The normalized spacial score (nSPS) is 15.0. The topological polar surface area (TPSA) is 67.9 Å². The molecule has 1 saturated heterocycles. The Morgan fingerprint density at radius 2 is 1.92 bits per heavy atom. The van der Waals surface area contributed by atoms with Crippen molar-refractivity contribution < 1.29 is 19.1 Å². The van der Waals surface area contributed by atoms with E-state index in [1.807, 2.05) is 30.3 Å². The molecule has 1 heterocycles. The van der Waals surface area contributed by atoms with Gasteiger partial charge in [-0.2, -0.15) is 0 Å². The number of hydrogen-bond donors (Lipinski definition) is 1. The first-order chi connectivity index (χ1) is 12.2. The number of carbonyl (C=O) groups excluding carboxylic acids is 2. The third-order valence-corrected chi connectivity index (χ3v) is 4.27. The maximum absolute atomic E-state index is 12.2. The van der Waals surface area contributed by atoms with Gasteiger partial charge in [-0.25, -0.2) is 4.79 Å². The second kappa shape index (κ2) is 10.7. The van der Waals surface area contributed by atoms with E-state index in [4.69, 9.17) is 9.47 Å². The Balaban J connectivity index is 1.53. The van der Waals surface area contributed by atoms with Crippen molar-refractivity contribution in [2.45, 2.75) is 32.8 Å². The summed E-state index contributed by atoms with van der Waals surface area (Å²) in [5.74, 6) is 0.0579. The number of carbonyl (C=O) groups is 2. The monoisotopic (exact) mass is 348 g/mol. The largest absolute Gasteiger partial charge is 0.450 e. The van der Waals surface area contributed by atoms with Gasteiger partial charge in [0, 0.05) is 32.2 Å². The van der Waals surface area contributed by atoms with Crippen molar-refractivity contribution in [1.29, 1.82) is 0 Å². The highest BCUT2D eigenvalue weighted by Crippen LogP contribution is 2.18. The highest BCUT2D eigenvalue weighted by molar-refractivity contribution is 5.79. The van der Waals surface area contributed by atoms with Crippen LogP contribution >= 0.6 is 0 Å². The molecule has 0 spiro atoms. The highest BCUT2D eigenvalue weighted by Gasteiger charge is 2.27. The van der Waals surface area contributed by atoms with Gasteiger partial charge in [0.2, 0.25) is 5.91 Å². The van der Waals surface area contributed by atoms with Crippen LogP contribution in [-0.2, 0) is 20.9 Å². The summed E-state index contributed by atoms with van der Waals surface area (Å²) in [6.07, 6.45) is 1.89. The molecule has 2 amide bonds. The van der Waals surface area contributed by atoms with Crippen molar-refractivity contribution in [1.82, 2.24) is 10.2 Å². The minimum Gasteiger partial charge on any atom is -0.450 e. The fourth-order valence-electron chi connectivity index (χ4n) is 2.83. The summed E-state index contributed by atoms with van der Waals surface area (Å²) in [7, 11) is 0. The second-order valence-corrected chi connectivity index (χ2v) is 6.14. The molecule has 0 aromatic heterocycles. The van der Waals surface area contributed by atoms with Crippen LogP contribution < -0.4 is 5.32 Å². The summed E-state index contributed by atoms with van der Waals surface area (Å²) in [4.78, 5) is 25.5. The predicted molar refractivity (Wildman–Crippen MR) is 95.0 cm³/mol. The number of ether oxygens (including phenoxy) is 2. The quantitative estimate of drug-likeness (QED) is 0.733. The van der Waals surface area contributed by atoms with Gasteiger partial charge in [0.05, 0.1) is 13.2 Å². The van der Waals surface area contributed by atoms with E-state index in [0.29, 0.717) is 52.3 Å². The number of likely N-dealkylation sites (tertiary alicyclic amines) is 1. The van der Waals surface area contributed by atoms with Crippen LogP contribution in [0.15, 0.2) is 30.3 Å². The molecule has 1 aromatic carbocycles. The first-order valence-corrected chi connectivity index (χ1v) is 9.01. The van der Waals surface area contributed by atoms with Crippen LogP contribution in [0.2, 0.25) is 0 Å². The van der Waals surface area contributed by atoms with Crippen LogP contribution in [0.25, 0.3) is 0 Å². The molecule has 25 heavy (non-hydrogen) atoms. The Morgan fingerprint density at radius 1 is 1.20 bits per heavy atom. The number of piperidine rings is 1. The summed E-state index contributed by atoms with van der Waals surface area (Å²) < 4.78 is 10.6. The fourth-order valence-corrected chi connectivity index (χ4v) is 2.83. The molecule has 1 aliphatic rings. The van der Waals surface area contributed by atoms with Gasteiger partial charge in [-0.05, 0) is 31.7 Å². The van der Waals surface area contributed by atoms with Crippen LogP contribution in [-0.4, -0.2) is 49.7 Å². The number of benzene rings is 1. The lowest BCUT2D eigenvalue weighted by molar-refractivity contribution is -0.126. The molecule has 0 saturated carbocycles. The Bertz CT molecular complexity index is 527. The van der Waals surface area contributed by atoms with E-state index in [0.717, 1.165) is 12.0 Å². The minimum atomic E-state index is -0.281. The number of amides is 2. The van der Waals surface area contributed by atoms with Crippen molar-refractivity contribution in [3.05, 3.63) is 35.9 Å². The fraction of sp³-hybridized carbons (Fsp3) is 0.579. The molecule has 0 radical (unpaired) electrons. The zero-order valence-corrected chi connectivity index (χ0v) is 14.9. The molecule has 1 fully saturated rings. The lowest BCUT2D eigenvalue weighted by atomic mass is 9.96. The Hall–Kier alpha value is -2.08. The van der Waals surface area contributed by atoms with Gasteiger partial charge in [-0.3, -0.25) is 4.79 Å². The van der Waals surface area contributed by atoms with Crippen LogP contribution in [0.4, 0.5) is 4.79 Å². The van der Waals surface area contributed by atoms with Gasteiger partial charge in [-0.1, -0.05) is 30.3 Å². The molecule has 1 aliphatic heterocycles. The molecule has 0 bridgehead atoms.